The van der Waals surface area contributed by atoms with Crippen LogP contribution in [0.15, 0.2) is 0 Å². The highest BCUT2D eigenvalue weighted by molar-refractivity contribution is 9.09. The van der Waals surface area contributed by atoms with Gasteiger partial charge in [-0.1, -0.05) is 15.9 Å². The molecule has 0 atom stereocenters. The van der Waals surface area contributed by atoms with Crippen molar-refractivity contribution in [1.29, 1.82) is 0 Å². The first-order valence-corrected chi connectivity index (χ1v) is 11.0. The predicted octanol–water partition coefficient (Wildman–Crippen LogP) is -3.24. The molecule has 0 aliphatic heterocycles. The summed E-state index contributed by atoms with van der Waals surface area (Å²) in [6.45, 7) is 10.1. The van der Waals surface area contributed by atoms with Crippen molar-refractivity contribution >= 4 is 15.9 Å². The Morgan fingerprint density at radius 2 is 0.586 bits per heavy atom. The Labute approximate surface area is 194 Å². The van der Waals surface area contributed by atoms with Gasteiger partial charge in [0.05, 0.1) is 112 Å². The van der Waals surface area contributed by atoms with Crippen LogP contribution in [0.5, 0.6) is 0 Å². The fourth-order valence-corrected chi connectivity index (χ4v) is 2.03. The van der Waals surface area contributed by atoms with Crippen LogP contribution in [-0.2, 0) is 37.9 Å². The van der Waals surface area contributed by atoms with Crippen LogP contribution in [0.1, 0.15) is 0 Å². The third-order valence-corrected chi connectivity index (χ3v) is 3.44. The average Bonchev–Trinajstić information content (AvgIpc) is 2.71. The molecule has 0 aromatic rings. The van der Waals surface area contributed by atoms with Gasteiger partial charge in [0, 0.05) is 5.33 Å². The Kier molecular flexibility index (Phi) is 33.7. The largest absolute Gasteiger partial charge is 1.00 e. The molecular weight excluding hydrogens is 518 g/mol. The molecule has 0 aliphatic rings. The van der Waals surface area contributed by atoms with Gasteiger partial charge in [0.2, 0.25) is 0 Å². The molecule has 0 heterocycles. The van der Waals surface area contributed by atoms with Gasteiger partial charge in [-0.25, -0.2) is 0 Å². The number of hydrogen-bond acceptors (Lipinski definition) is 8. The van der Waals surface area contributed by atoms with Crippen molar-refractivity contribution in [3.8, 4) is 0 Å². The Hall–Kier alpha value is 0.600. The van der Waals surface area contributed by atoms with Gasteiger partial charge in [-0.3, -0.25) is 0 Å². The fourth-order valence-electron chi connectivity index (χ4n) is 1.80. The molecule has 0 aromatic carbocycles. The van der Waals surface area contributed by atoms with Gasteiger partial charge in [0.1, 0.15) is 0 Å². The molecule has 0 radical (unpaired) electrons. The monoisotopic (exact) mass is 555 g/mol. The van der Waals surface area contributed by atoms with E-state index < -0.39 is 0 Å². The van der Waals surface area contributed by atoms with Gasteiger partial charge in [0.15, 0.2) is 0 Å². The summed E-state index contributed by atoms with van der Waals surface area (Å²) < 4.78 is 42.8. The Bertz CT molecular complexity index is 258. The van der Waals surface area contributed by atoms with Crippen molar-refractivity contribution in [1.82, 2.24) is 0 Å². The zero-order valence-electron chi connectivity index (χ0n) is 17.5. The summed E-state index contributed by atoms with van der Waals surface area (Å²) in [5, 5.41) is 0.846. The van der Waals surface area contributed by atoms with Crippen LogP contribution in [0.25, 0.3) is 0 Å². The van der Waals surface area contributed by atoms with Crippen molar-refractivity contribution in [3.63, 3.8) is 0 Å². The second-order valence-electron chi connectivity index (χ2n) is 5.44. The summed E-state index contributed by atoms with van der Waals surface area (Å²) in [5.41, 5.74) is 3.69. The fraction of sp³-hybridized carbons (Fsp3) is 1.00. The lowest BCUT2D eigenvalue weighted by molar-refractivity contribution is -0.374. The molecule has 0 fully saturated rings. The van der Waals surface area contributed by atoms with Crippen LogP contribution in [0.2, 0.25) is 0 Å². The zero-order chi connectivity index (χ0) is 20.4. The SMILES string of the molecule is [Br-].[NH3+]CCOCCOCCOCCOCCOCCOCCOCCOCCBr. The third-order valence-electron chi connectivity index (χ3n) is 3.11. The van der Waals surface area contributed by atoms with Crippen LogP contribution in [-0.4, -0.2) is 118 Å². The van der Waals surface area contributed by atoms with Crippen molar-refractivity contribution in [3.05, 3.63) is 0 Å². The van der Waals surface area contributed by atoms with Gasteiger partial charge >= 0.3 is 0 Å². The minimum absolute atomic E-state index is 0. The summed E-state index contributed by atoms with van der Waals surface area (Å²) in [5.74, 6) is 0. The molecule has 0 rings (SSSR count). The second-order valence-corrected chi connectivity index (χ2v) is 6.23. The van der Waals surface area contributed by atoms with E-state index in [0.717, 1.165) is 11.9 Å². The van der Waals surface area contributed by atoms with E-state index in [1.54, 1.807) is 0 Å². The molecule has 0 bridgehead atoms. The van der Waals surface area contributed by atoms with Crippen molar-refractivity contribution in [2.45, 2.75) is 0 Å². The highest BCUT2D eigenvalue weighted by Gasteiger charge is 1.95. The standard InChI is InChI=1S/C18H38BrNO8.BrH/c19-1-3-21-5-7-23-9-11-25-13-15-27-17-18-28-16-14-26-12-10-24-8-6-22-4-2-20;/h1-18,20H2;1H. The smallest absolute Gasteiger partial charge is 0.0977 e. The molecule has 3 N–H and O–H groups in total. The topological polar surface area (TPSA) is 101 Å². The van der Waals surface area contributed by atoms with E-state index in [9.17, 15) is 0 Å². The molecule has 0 aromatic heterocycles. The molecule has 0 spiro atoms. The van der Waals surface area contributed by atoms with E-state index in [2.05, 4.69) is 21.7 Å². The Balaban J connectivity index is 0. The first kappa shape index (κ1) is 31.8. The van der Waals surface area contributed by atoms with E-state index in [1.165, 1.54) is 0 Å². The van der Waals surface area contributed by atoms with Crippen LogP contribution in [0.3, 0.4) is 0 Å². The summed E-state index contributed by atoms with van der Waals surface area (Å²) in [6.07, 6.45) is 0. The third kappa shape index (κ3) is 30.9. The molecule has 9 nitrogen and oxygen atoms in total. The number of hydrogen-bond donors (Lipinski definition) is 1. The number of alkyl halides is 1. The molecule has 0 saturated carbocycles. The second kappa shape index (κ2) is 30.8. The molecule has 0 unspecified atom stereocenters. The highest BCUT2D eigenvalue weighted by atomic mass is 79.9. The predicted molar refractivity (Wildman–Crippen MR) is 108 cm³/mol. The lowest BCUT2D eigenvalue weighted by Gasteiger charge is -2.08. The van der Waals surface area contributed by atoms with E-state index in [-0.39, 0.29) is 17.0 Å². The summed E-state index contributed by atoms with van der Waals surface area (Å²) in [6, 6.07) is 0. The zero-order valence-corrected chi connectivity index (χ0v) is 20.6. The van der Waals surface area contributed by atoms with Gasteiger partial charge < -0.3 is 60.6 Å². The molecule has 0 amide bonds. The van der Waals surface area contributed by atoms with Crippen LogP contribution in [0, 0.1) is 0 Å². The minimum atomic E-state index is 0. The molecule has 29 heavy (non-hydrogen) atoms. The van der Waals surface area contributed by atoms with E-state index in [1.807, 2.05) is 0 Å². The molecule has 0 aliphatic carbocycles. The number of quaternary nitrogens is 1. The highest BCUT2D eigenvalue weighted by Crippen LogP contribution is 1.86. The van der Waals surface area contributed by atoms with E-state index >= 15 is 0 Å². The van der Waals surface area contributed by atoms with Crippen LogP contribution < -0.4 is 22.7 Å². The summed E-state index contributed by atoms with van der Waals surface area (Å²) in [7, 11) is 0. The van der Waals surface area contributed by atoms with Crippen molar-refractivity contribution in [2.24, 2.45) is 0 Å². The molecular formula is C18H39Br2NO8. The number of ether oxygens (including phenoxy) is 8. The Morgan fingerprint density at radius 1 is 0.379 bits per heavy atom. The maximum Gasteiger partial charge on any atom is 0.0977 e. The van der Waals surface area contributed by atoms with Crippen molar-refractivity contribution in [2.75, 3.05) is 118 Å². The Morgan fingerprint density at radius 3 is 0.793 bits per heavy atom. The van der Waals surface area contributed by atoms with Gasteiger partial charge in [-0.05, 0) is 0 Å². The average molecular weight is 557 g/mol. The van der Waals surface area contributed by atoms with Gasteiger partial charge in [-0.2, -0.15) is 0 Å². The number of halogens is 2. The maximum absolute atomic E-state index is 5.41. The normalized spacial score (nSPS) is 11.0. The summed E-state index contributed by atoms with van der Waals surface area (Å²) >= 11 is 3.29. The van der Waals surface area contributed by atoms with Crippen LogP contribution in [0.4, 0.5) is 0 Å². The maximum atomic E-state index is 5.41. The molecule has 11 heteroatoms. The van der Waals surface area contributed by atoms with Gasteiger partial charge in [0.25, 0.3) is 0 Å². The van der Waals surface area contributed by atoms with E-state index in [4.69, 9.17) is 37.9 Å². The van der Waals surface area contributed by atoms with Gasteiger partial charge in [-0.15, -0.1) is 0 Å². The lowest BCUT2D eigenvalue weighted by Crippen LogP contribution is -3.00. The van der Waals surface area contributed by atoms with E-state index in [0.29, 0.717) is 106 Å². The minimum Gasteiger partial charge on any atom is -1.00 e. The van der Waals surface area contributed by atoms with Crippen LogP contribution >= 0.6 is 15.9 Å². The summed E-state index contributed by atoms with van der Waals surface area (Å²) in [4.78, 5) is 0. The lowest BCUT2D eigenvalue weighted by atomic mass is 10.6. The first-order valence-electron chi connectivity index (χ1n) is 9.89. The molecule has 0 saturated heterocycles. The van der Waals surface area contributed by atoms with Crippen molar-refractivity contribution < 1.29 is 60.6 Å². The number of rotatable bonds is 25. The quantitative estimate of drug-likeness (QED) is 0.0925. The first-order chi connectivity index (χ1) is 13.9. The molecule has 178 valence electrons.